The molecule has 4 aromatic rings. The first-order valence-electron chi connectivity index (χ1n) is 10.7. The maximum absolute atomic E-state index is 12.0. The highest BCUT2D eigenvalue weighted by atomic mass is 31.2. The van der Waals surface area contributed by atoms with Gasteiger partial charge in [-0.1, -0.05) is 6.58 Å². The van der Waals surface area contributed by atoms with Gasteiger partial charge in [-0.05, 0) is 42.8 Å². The van der Waals surface area contributed by atoms with Crippen molar-refractivity contribution in [3.63, 3.8) is 0 Å². The summed E-state index contributed by atoms with van der Waals surface area (Å²) in [5.74, 6) is -0.360. The molecule has 0 fully saturated rings. The SMILES string of the molecule is C=CC(=O)Nc1cncc(-c2cnc3c(c2)c(-c2ccnc(C#N)c2)cn3COP(=O)(O)OCC)c1. The van der Waals surface area contributed by atoms with Crippen LogP contribution in [0.2, 0.25) is 0 Å². The van der Waals surface area contributed by atoms with Crippen LogP contribution >= 0.6 is 7.82 Å². The normalized spacial score (nSPS) is 12.6. The molecule has 0 aromatic carbocycles. The van der Waals surface area contributed by atoms with Gasteiger partial charge in [0.15, 0.2) is 0 Å². The summed E-state index contributed by atoms with van der Waals surface area (Å²) in [6.45, 7) is 4.75. The van der Waals surface area contributed by atoms with Crippen molar-refractivity contribution in [2.24, 2.45) is 0 Å². The summed E-state index contributed by atoms with van der Waals surface area (Å²) < 4.78 is 23.5. The summed E-state index contributed by atoms with van der Waals surface area (Å²) in [6, 6.07) is 9.03. The molecule has 36 heavy (non-hydrogen) atoms. The molecular weight excluding hydrogens is 483 g/mol. The predicted octanol–water partition coefficient (Wildman–Crippen LogP) is 4.27. The predicted molar refractivity (Wildman–Crippen MR) is 132 cm³/mol. The van der Waals surface area contributed by atoms with Gasteiger partial charge >= 0.3 is 7.82 Å². The van der Waals surface area contributed by atoms with Crippen LogP contribution in [0.3, 0.4) is 0 Å². The Bertz CT molecular complexity index is 1540. The van der Waals surface area contributed by atoms with Crippen LogP contribution in [0.4, 0.5) is 5.69 Å². The van der Waals surface area contributed by atoms with E-state index in [4.69, 9.17) is 9.05 Å². The minimum atomic E-state index is -4.24. The van der Waals surface area contributed by atoms with E-state index in [9.17, 15) is 19.5 Å². The Morgan fingerprint density at radius 3 is 2.78 bits per heavy atom. The molecule has 0 aliphatic rings. The molecule has 1 unspecified atom stereocenters. The number of rotatable bonds is 9. The van der Waals surface area contributed by atoms with Crippen LogP contribution < -0.4 is 5.32 Å². The van der Waals surface area contributed by atoms with Gasteiger partial charge < -0.3 is 14.8 Å². The number of amides is 1. The zero-order valence-electron chi connectivity index (χ0n) is 19.2. The van der Waals surface area contributed by atoms with Gasteiger partial charge in [0.1, 0.15) is 24.1 Å². The topological polar surface area (TPSA) is 152 Å². The highest BCUT2D eigenvalue weighted by Gasteiger charge is 2.22. The smallest absolute Gasteiger partial charge is 0.321 e. The molecule has 0 saturated heterocycles. The second-order valence-electron chi connectivity index (χ2n) is 7.45. The van der Waals surface area contributed by atoms with E-state index in [2.05, 4.69) is 26.8 Å². The molecule has 12 heteroatoms. The summed E-state index contributed by atoms with van der Waals surface area (Å²) in [7, 11) is -4.24. The van der Waals surface area contributed by atoms with Crippen molar-refractivity contribution in [1.82, 2.24) is 19.5 Å². The second-order valence-corrected chi connectivity index (χ2v) is 8.90. The van der Waals surface area contributed by atoms with Gasteiger partial charge in [0, 0.05) is 46.9 Å². The molecule has 4 aromatic heterocycles. The quantitative estimate of drug-likeness (QED) is 0.251. The maximum atomic E-state index is 12.0. The Hall–Kier alpha value is -4.20. The Morgan fingerprint density at radius 1 is 1.22 bits per heavy atom. The van der Waals surface area contributed by atoms with E-state index in [1.807, 2.05) is 12.1 Å². The second kappa shape index (κ2) is 10.6. The number of carbonyl (C=O) groups excluding carboxylic acids is 1. The average molecular weight is 504 g/mol. The number of nitrogens with one attached hydrogen (secondary N) is 1. The fraction of sp³-hybridized carbons (Fsp3) is 0.125. The molecule has 1 atom stereocenters. The summed E-state index contributed by atoms with van der Waals surface area (Å²) in [5, 5.41) is 12.6. The Kier molecular flexibility index (Phi) is 7.33. The maximum Gasteiger partial charge on any atom is 0.473 e. The summed E-state index contributed by atoms with van der Waals surface area (Å²) in [4.78, 5) is 34.3. The number of aromatic nitrogens is 4. The van der Waals surface area contributed by atoms with Crippen LogP contribution in [-0.2, 0) is 25.1 Å². The van der Waals surface area contributed by atoms with Crippen molar-refractivity contribution < 1.29 is 23.3 Å². The van der Waals surface area contributed by atoms with E-state index in [0.29, 0.717) is 39.0 Å². The number of phosphoric ester groups is 1. The molecule has 0 aliphatic heterocycles. The van der Waals surface area contributed by atoms with Crippen LogP contribution in [0, 0.1) is 11.3 Å². The first-order chi connectivity index (χ1) is 17.3. The van der Waals surface area contributed by atoms with E-state index >= 15 is 0 Å². The zero-order valence-corrected chi connectivity index (χ0v) is 20.1. The van der Waals surface area contributed by atoms with Gasteiger partial charge in [0.05, 0.1) is 18.5 Å². The number of anilines is 1. The Balaban J connectivity index is 1.81. The molecular formula is C24H21N6O5P. The number of nitrogens with zero attached hydrogens (tertiary/aromatic N) is 5. The zero-order chi connectivity index (χ0) is 25.7. The number of phosphoric acid groups is 1. The fourth-order valence-electron chi connectivity index (χ4n) is 3.51. The van der Waals surface area contributed by atoms with Crippen LogP contribution in [-0.4, -0.2) is 36.9 Å². The highest BCUT2D eigenvalue weighted by molar-refractivity contribution is 7.47. The van der Waals surface area contributed by atoms with Crippen LogP contribution in [0.1, 0.15) is 12.6 Å². The summed E-state index contributed by atoms with van der Waals surface area (Å²) in [5.41, 5.74) is 4.02. The minimum absolute atomic E-state index is 0.0152. The van der Waals surface area contributed by atoms with E-state index in [-0.39, 0.29) is 24.9 Å². The third-order valence-corrected chi connectivity index (χ3v) is 6.10. The Morgan fingerprint density at radius 2 is 2.03 bits per heavy atom. The van der Waals surface area contributed by atoms with Crippen LogP contribution in [0.5, 0.6) is 0 Å². The summed E-state index contributed by atoms with van der Waals surface area (Å²) >= 11 is 0. The lowest BCUT2D eigenvalue weighted by atomic mass is 10.0. The molecule has 1 amide bonds. The first-order valence-corrected chi connectivity index (χ1v) is 12.2. The van der Waals surface area contributed by atoms with Gasteiger partial charge in [-0.2, -0.15) is 5.26 Å². The van der Waals surface area contributed by atoms with E-state index in [1.54, 1.807) is 48.3 Å². The molecule has 0 bridgehead atoms. The van der Waals surface area contributed by atoms with Crippen molar-refractivity contribution in [2.75, 3.05) is 11.9 Å². The largest absolute Gasteiger partial charge is 0.473 e. The minimum Gasteiger partial charge on any atom is -0.321 e. The number of carbonyl (C=O) groups is 1. The monoisotopic (exact) mass is 504 g/mol. The number of pyridine rings is 3. The van der Waals surface area contributed by atoms with Gasteiger partial charge in [-0.15, -0.1) is 0 Å². The van der Waals surface area contributed by atoms with Gasteiger partial charge in [-0.25, -0.2) is 14.5 Å². The lowest BCUT2D eigenvalue weighted by molar-refractivity contribution is -0.111. The number of hydrogen-bond donors (Lipinski definition) is 2. The first kappa shape index (κ1) is 24.9. The van der Waals surface area contributed by atoms with Crippen molar-refractivity contribution in [3.8, 4) is 28.3 Å². The molecule has 0 radical (unpaired) electrons. The highest BCUT2D eigenvalue weighted by Crippen LogP contribution is 2.44. The summed E-state index contributed by atoms with van der Waals surface area (Å²) in [6.07, 6.45) is 9.17. The lowest BCUT2D eigenvalue weighted by Crippen LogP contribution is -2.07. The van der Waals surface area contributed by atoms with E-state index in [0.717, 1.165) is 0 Å². The standard InChI is InChI=1S/C24H21N6O5P/c1-3-23(31)29-20-8-17(11-26-13-20)18-9-21-22(16-5-6-27-19(7-16)10-25)14-30(24(21)28-12-18)15-35-36(32,33)34-4-2/h3,5-9,11-14H,1,4,15H2,2H3,(H,29,31)(H,32,33). The molecule has 11 nitrogen and oxygen atoms in total. The van der Waals surface area contributed by atoms with Crippen molar-refractivity contribution in [3.05, 3.63) is 73.6 Å². The average Bonchev–Trinajstić information content (AvgIpc) is 3.25. The number of fused-ring (bicyclic) bond motifs is 1. The molecule has 2 N–H and O–H groups in total. The van der Waals surface area contributed by atoms with Gasteiger partial charge in [0.2, 0.25) is 5.91 Å². The number of hydrogen-bond acceptors (Lipinski definition) is 8. The third-order valence-electron chi connectivity index (χ3n) is 5.08. The molecule has 182 valence electrons. The van der Waals surface area contributed by atoms with Gasteiger partial charge in [0.25, 0.3) is 0 Å². The number of nitriles is 1. The molecule has 0 spiro atoms. The third kappa shape index (κ3) is 5.54. The van der Waals surface area contributed by atoms with Crippen molar-refractivity contribution in [2.45, 2.75) is 13.7 Å². The molecule has 4 heterocycles. The van der Waals surface area contributed by atoms with Crippen molar-refractivity contribution >= 4 is 30.5 Å². The Labute approximate surface area is 206 Å². The fourth-order valence-corrected chi connectivity index (χ4v) is 4.18. The molecule has 0 aliphatic carbocycles. The van der Waals surface area contributed by atoms with Gasteiger partial charge in [-0.3, -0.25) is 18.8 Å². The van der Waals surface area contributed by atoms with E-state index < -0.39 is 7.82 Å². The lowest BCUT2D eigenvalue weighted by Gasteiger charge is -2.11. The van der Waals surface area contributed by atoms with E-state index in [1.165, 1.54) is 18.5 Å². The van der Waals surface area contributed by atoms with Crippen LogP contribution in [0.15, 0.2) is 67.9 Å². The van der Waals surface area contributed by atoms with Crippen molar-refractivity contribution in [1.29, 1.82) is 5.26 Å². The van der Waals surface area contributed by atoms with Crippen LogP contribution in [0.25, 0.3) is 33.3 Å². The molecule has 0 saturated carbocycles. The molecule has 4 rings (SSSR count).